The van der Waals surface area contributed by atoms with E-state index in [0.717, 1.165) is 33.2 Å². The second kappa shape index (κ2) is 9.04. The Morgan fingerprint density at radius 3 is 2.58 bits per heavy atom. The van der Waals surface area contributed by atoms with Gasteiger partial charge in [-0.2, -0.15) is 0 Å². The number of benzene rings is 3. The highest BCUT2D eigenvalue weighted by Gasteiger charge is 2.21. The van der Waals surface area contributed by atoms with E-state index in [1.807, 2.05) is 80.6 Å². The molecule has 1 atom stereocenters. The van der Waals surface area contributed by atoms with E-state index >= 15 is 0 Å². The number of anilines is 1. The number of imidazole rings is 1. The number of para-hydroxylation sites is 2. The number of carbonyl (C=O) groups is 1. The van der Waals surface area contributed by atoms with Crippen LogP contribution in [0.15, 0.2) is 71.9 Å². The maximum Gasteiger partial charge on any atom is 0.237 e. The fourth-order valence-electron chi connectivity index (χ4n) is 3.23. The molecule has 0 radical (unpaired) electrons. The Hall–Kier alpha value is -2.96. The van der Waals surface area contributed by atoms with Crippen LogP contribution >= 0.6 is 23.4 Å². The van der Waals surface area contributed by atoms with Crippen molar-refractivity contribution in [3.05, 3.63) is 77.3 Å². The number of thioether (sulfide) groups is 1. The third-order valence-corrected chi connectivity index (χ3v) is 6.26. The van der Waals surface area contributed by atoms with Gasteiger partial charge in [-0.25, -0.2) is 4.98 Å². The molecular formula is C24H22ClN3O2S. The quantitative estimate of drug-likeness (QED) is 0.359. The number of nitrogens with zero attached hydrogens (tertiary/aromatic N) is 2. The molecule has 1 aromatic heterocycles. The van der Waals surface area contributed by atoms with Gasteiger partial charge >= 0.3 is 0 Å². The van der Waals surface area contributed by atoms with Crippen LogP contribution in [0.4, 0.5) is 5.69 Å². The second-order valence-corrected chi connectivity index (χ2v) is 8.86. The number of rotatable bonds is 6. The Labute approximate surface area is 190 Å². The molecule has 0 aliphatic heterocycles. The summed E-state index contributed by atoms with van der Waals surface area (Å²) >= 11 is 7.68. The monoisotopic (exact) mass is 451 g/mol. The van der Waals surface area contributed by atoms with Gasteiger partial charge in [0.05, 0.1) is 34.1 Å². The highest BCUT2D eigenvalue weighted by Crippen LogP contribution is 2.32. The number of fused-ring (bicyclic) bond motifs is 1. The van der Waals surface area contributed by atoms with Gasteiger partial charge in [0.1, 0.15) is 5.75 Å². The number of amides is 1. The third-order valence-electron chi connectivity index (χ3n) is 4.89. The lowest BCUT2D eigenvalue weighted by molar-refractivity contribution is -0.115. The molecule has 31 heavy (non-hydrogen) atoms. The smallest absolute Gasteiger partial charge is 0.237 e. The molecule has 0 unspecified atom stereocenters. The molecule has 0 aliphatic carbocycles. The lowest BCUT2D eigenvalue weighted by Gasteiger charge is -2.15. The van der Waals surface area contributed by atoms with Gasteiger partial charge in [-0.1, -0.05) is 41.6 Å². The normalized spacial score (nSPS) is 12.0. The summed E-state index contributed by atoms with van der Waals surface area (Å²) in [4.78, 5) is 17.6. The van der Waals surface area contributed by atoms with Crippen LogP contribution < -0.4 is 10.1 Å². The molecule has 0 bridgehead atoms. The molecule has 4 rings (SSSR count). The van der Waals surface area contributed by atoms with Gasteiger partial charge < -0.3 is 10.1 Å². The summed E-state index contributed by atoms with van der Waals surface area (Å²) < 4.78 is 7.34. The standard InChI is InChI=1S/C24H22ClN3O2S/c1-15-8-13-20(19(25)14-15)26-23(29)16(2)31-24-27-21-6-4-5-7-22(21)28(24)17-9-11-18(30-3)12-10-17/h4-14,16H,1-3H3,(H,26,29)/t16-/m0/s1. The first-order valence-corrected chi connectivity index (χ1v) is 11.1. The minimum absolute atomic E-state index is 0.135. The summed E-state index contributed by atoms with van der Waals surface area (Å²) in [5, 5.41) is 3.80. The summed E-state index contributed by atoms with van der Waals surface area (Å²) in [7, 11) is 1.64. The molecule has 7 heteroatoms. The van der Waals surface area contributed by atoms with Crippen molar-refractivity contribution in [1.82, 2.24) is 9.55 Å². The van der Waals surface area contributed by atoms with E-state index in [0.29, 0.717) is 10.7 Å². The van der Waals surface area contributed by atoms with E-state index < -0.39 is 0 Å². The largest absolute Gasteiger partial charge is 0.497 e. The molecule has 0 saturated carbocycles. The van der Waals surface area contributed by atoms with Gasteiger partial charge in [-0.15, -0.1) is 0 Å². The highest BCUT2D eigenvalue weighted by molar-refractivity contribution is 8.00. The molecule has 1 amide bonds. The zero-order chi connectivity index (χ0) is 22.0. The van der Waals surface area contributed by atoms with Gasteiger partial charge in [0.15, 0.2) is 5.16 Å². The van der Waals surface area contributed by atoms with E-state index in [-0.39, 0.29) is 11.2 Å². The van der Waals surface area contributed by atoms with Crippen LogP contribution in [0.2, 0.25) is 5.02 Å². The lowest BCUT2D eigenvalue weighted by Crippen LogP contribution is -2.23. The molecule has 4 aromatic rings. The molecule has 1 heterocycles. The number of carbonyl (C=O) groups excluding carboxylic acids is 1. The number of hydrogen-bond donors (Lipinski definition) is 1. The topological polar surface area (TPSA) is 56.1 Å². The van der Waals surface area contributed by atoms with Crippen molar-refractivity contribution in [2.24, 2.45) is 0 Å². The second-order valence-electron chi connectivity index (χ2n) is 7.15. The molecule has 1 N–H and O–H groups in total. The predicted octanol–water partition coefficient (Wildman–Crippen LogP) is 6.12. The summed E-state index contributed by atoms with van der Waals surface area (Å²) in [6, 6.07) is 21.3. The van der Waals surface area contributed by atoms with Crippen LogP contribution in [-0.4, -0.2) is 27.8 Å². The first-order chi connectivity index (χ1) is 15.0. The zero-order valence-corrected chi connectivity index (χ0v) is 19.0. The fourth-order valence-corrected chi connectivity index (χ4v) is 4.46. The molecule has 5 nitrogen and oxygen atoms in total. The Morgan fingerprint density at radius 1 is 1.13 bits per heavy atom. The van der Waals surface area contributed by atoms with Crippen molar-refractivity contribution in [2.45, 2.75) is 24.3 Å². The number of aromatic nitrogens is 2. The number of nitrogens with one attached hydrogen (secondary N) is 1. The van der Waals surface area contributed by atoms with Crippen LogP contribution in [0.3, 0.4) is 0 Å². The molecule has 158 valence electrons. The van der Waals surface area contributed by atoms with E-state index in [1.54, 1.807) is 7.11 Å². The predicted molar refractivity (Wildman–Crippen MR) is 128 cm³/mol. The maximum atomic E-state index is 12.9. The molecular weight excluding hydrogens is 430 g/mol. The highest BCUT2D eigenvalue weighted by atomic mass is 35.5. The van der Waals surface area contributed by atoms with Crippen LogP contribution in [-0.2, 0) is 4.79 Å². The van der Waals surface area contributed by atoms with Gasteiger partial charge in [0.25, 0.3) is 0 Å². The maximum absolute atomic E-state index is 12.9. The summed E-state index contributed by atoms with van der Waals surface area (Å²) in [6.45, 7) is 3.82. The van der Waals surface area contributed by atoms with Crippen molar-refractivity contribution < 1.29 is 9.53 Å². The number of hydrogen-bond acceptors (Lipinski definition) is 4. The Balaban J connectivity index is 1.63. The van der Waals surface area contributed by atoms with E-state index in [4.69, 9.17) is 21.3 Å². The third kappa shape index (κ3) is 4.55. The molecule has 3 aromatic carbocycles. The van der Waals surface area contributed by atoms with E-state index in [2.05, 4.69) is 9.88 Å². The summed E-state index contributed by atoms with van der Waals surface area (Å²) in [5.74, 6) is 0.647. The van der Waals surface area contributed by atoms with E-state index in [1.165, 1.54) is 11.8 Å². The Kier molecular flexibility index (Phi) is 6.20. The van der Waals surface area contributed by atoms with E-state index in [9.17, 15) is 4.79 Å². The average Bonchev–Trinajstić information content (AvgIpc) is 3.13. The Bertz CT molecular complexity index is 1240. The van der Waals surface area contributed by atoms with Crippen molar-refractivity contribution in [1.29, 1.82) is 0 Å². The van der Waals surface area contributed by atoms with Gasteiger partial charge in [-0.3, -0.25) is 9.36 Å². The van der Waals surface area contributed by atoms with Crippen LogP contribution in [0.5, 0.6) is 5.75 Å². The van der Waals surface area contributed by atoms with Gasteiger partial charge in [0.2, 0.25) is 5.91 Å². The minimum atomic E-state index is -0.383. The van der Waals surface area contributed by atoms with Gasteiger partial charge in [-0.05, 0) is 67.9 Å². The van der Waals surface area contributed by atoms with Crippen molar-refractivity contribution in [3.8, 4) is 11.4 Å². The van der Waals surface area contributed by atoms with Crippen molar-refractivity contribution in [2.75, 3.05) is 12.4 Å². The summed E-state index contributed by atoms with van der Waals surface area (Å²) in [6.07, 6.45) is 0. The van der Waals surface area contributed by atoms with Crippen LogP contribution in [0.1, 0.15) is 12.5 Å². The van der Waals surface area contributed by atoms with Crippen LogP contribution in [0.25, 0.3) is 16.7 Å². The van der Waals surface area contributed by atoms with Crippen molar-refractivity contribution >= 4 is 46.0 Å². The SMILES string of the molecule is COc1ccc(-n2c(S[C@@H](C)C(=O)Nc3ccc(C)cc3Cl)nc3ccccc32)cc1. The minimum Gasteiger partial charge on any atom is -0.497 e. The average molecular weight is 452 g/mol. The summed E-state index contributed by atoms with van der Waals surface area (Å²) in [5.41, 5.74) is 4.44. The first-order valence-electron chi connectivity index (χ1n) is 9.82. The number of ether oxygens (including phenoxy) is 1. The lowest BCUT2D eigenvalue weighted by atomic mass is 10.2. The van der Waals surface area contributed by atoms with Crippen LogP contribution in [0, 0.1) is 6.92 Å². The first kappa shape index (κ1) is 21.3. The zero-order valence-electron chi connectivity index (χ0n) is 17.4. The number of methoxy groups -OCH3 is 1. The fraction of sp³-hybridized carbons (Fsp3) is 0.167. The Morgan fingerprint density at radius 2 is 1.87 bits per heavy atom. The number of aryl methyl sites for hydroxylation is 1. The molecule has 0 saturated heterocycles. The molecule has 0 fully saturated rings. The van der Waals surface area contributed by atoms with Crippen molar-refractivity contribution in [3.63, 3.8) is 0 Å². The van der Waals surface area contributed by atoms with Gasteiger partial charge in [0, 0.05) is 5.69 Å². The molecule has 0 aliphatic rings. The number of halogens is 1. The molecule has 0 spiro atoms.